The van der Waals surface area contributed by atoms with E-state index in [0.29, 0.717) is 25.2 Å². The van der Waals surface area contributed by atoms with E-state index >= 15 is 0 Å². The summed E-state index contributed by atoms with van der Waals surface area (Å²) in [6, 6.07) is 2.80. The molecule has 3 aromatic heterocycles. The van der Waals surface area contributed by atoms with Crippen LogP contribution in [0.5, 0.6) is 0 Å². The van der Waals surface area contributed by atoms with Crippen LogP contribution in [0.4, 0.5) is 0 Å². The van der Waals surface area contributed by atoms with Gasteiger partial charge in [-0.05, 0) is 18.9 Å². The van der Waals surface area contributed by atoms with E-state index in [1.54, 1.807) is 10.6 Å². The lowest BCUT2D eigenvalue weighted by atomic mass is 9.98. The number of sulfonamides is 1. The lowest BCUT2D eigenvalue weighted by Gasteiger charge is -2.46. The molecule has 0 saturated carbocycles. The van der Waals surface area contributed by atoms with Crippen molar-refractivity contribution in [1.29, 1.82) is 0 Å². The van der Waals surface area contributed by atoms with Crippen molar-refractivity contribution in [2.24, 2.45) is 0 Å². The molecule has 3 aromatic rings. The fraction of sp³-hybridized carbons (Fsp3) is 0.500. The van der Waals surface area contributed by atoms with E-state index in [1.807, 2.05) is 23.1 Å². The molecule has 2 fully saturated rings. The van der Waals surface area contributed by atoms with E-state index in [9.17, 15) is 8.42 Å². The minimum Gasteiger partial charge on any atom is -0.346 e. The summed E-state index contributed by atoms with van der Waals surface area (Å²) in [5.41, 5.74) is 2.71. The zero-order valence-corrected chi connectivity index (χ0v) is 16.5. The average Bonchev–Trinajstić information content (AvgIpc) is 3.29. The van der Waals surface area contributed by atoms with Gasteiger partial charge in [0, 0.05) is 55.6 Å². The number of H-pyrrole nitrogens is 1. The number of fused-ring (bicyclic) bond motifs is 1. The molecule has 5 heterocycles. The molecule has 0 amide bonds. The van der Waals surface area contributed by atoms with Gasteiger partial charge in [0.2, 0.25) is 10.0 Å². The van der Waals surface area contributed by atoms with Crippen molar-refractivity contribution in [2.45, 2.75) is 24.9 Å². The number of nitrogens with zero attached hydrogens (tertiary/aromatic N) is 6. The maximum atomic E-state index is 11.7. The van der Waals surface area contributed by atoms with Gasteiger partial charge in [-0.3, -0.25) is 9.58 Å². The average molecular weight is 401 g/mol. The highest BCUT2D eigenvalue weighted by Crippen LogP contribution is 2.30. The van der Waals surface area contributed by atoms with Crippen LogP contribution in [0.25, 0.3) is 22.3 Å². The molecule has 2 aliphatic heterocycles. The van der Waals surface area contributed by atoms with Crippen molar-refractivity contribution in [2.75, 3.05) is 32.4 Å². The van der Waals surface area contributed by atoms with Gasteiger partial charge in [0.15, 0.2) is 0 Å². The molecular formula is C18H23N7O2S. The topological polar surface area (TPSA) is 100 Å². The zero-order valence-electron chi connectivity index (χ0n) is 15.7. The molecule has 0 aromatic carbocycles. The fourth-order valence-electron chi connectivity index (χ4n) is 4.25. The van der Waals surface area contributed by atoms with Gasteiger partial charge in [-0.15, -0.1) is 0 Å². The predicted octanol–water partition coefficient (Wildman–Crippen LogP) is 1.10. The minimum absolute atomic E-state index is 0.352. The quantitative estimate of drug-likeness (QED) is 0.703. The predicted molar refractivity (Wildman–Crippen MR) is 105 cm³/mol. The molecule has 0 atom stereocenters. The molecule has 148 valence electrons. The van der Waals surface area contributed by atoms with E-state index in [1.165, 1.54) is 6.26 Å². The van der Waals surface area contributed by atoms with Crippen LogP contribution >= 0.6 is 0 Å². The zero-order chi connectivity index (χ0) is 19.3. The molecule has 0 spiro atoms. The van der Waals surface area contributed by atoms with Crippen LogP contribution in [0, 0.1) is 0 Å². The lowest BCUT2D eigenvalue weighted by Crippen LogP contribution is -2.56. The van der Waals surface area contributed by atoms with Gasteiger partial charge in [0.1, 0.15) is 12.0 Å². The molecule has 0 aliphatic carbocycles. The summed E-state index contributed by atoms with van der Waals surface area (Å²) in [4.78, 5) is 14.2. The Morgan fingerprint density at radius 3 is 2.68 bits per heavy atom. The van der Waals surface area contributed by atoms with E-state index in [-0.39, 0.29) is 0 Å². The molecule has 0 bridgehead atoms. The maximum absolute atomic E-state index is 11.7. The van der Waals surface area contributed by atoms with Crippen molar-refractivity contribution in [1.82, 2.24) is 33.9 Å². The highest BCUT2D eigenvalue weighted by atomic mass is 32.2. The van der Waals surface area contributed by atoms with Crippen molar-refractivity contribution < 1.29 is 8.42 Å². The van der Waals surface area contributed by atoms with E-state index < -0.39 is 10.0 Å². The summed E-state index contributed by atoms with van der Waals surface area (Å²) in [7, 11) is -3.06. The first-order chi connectivity index (χ1) is 13.5. The number of hydrogen-bond donors (Lipinski definition) is 1. The number of piperidine rings is 1. The van der Waals surface area contributed by atoms with Crippen LogP contribution < -0.4 is 0 Å². The second-order valence-corrected chi connectivity index (χ2v) is 9.65. The van der Waals surface area contributed by atoms with Gasteiger partial charge < -0.3 is 4.98 Å². The highest BCUT2D eigenvalue weighted by Gasteiger charge is 2.36. The summed E-state index contributed by atoms with van der Waals surface area (Å²) in [5.74, 6) is 0. The third-order valence-electron chi connectivity index (χ3n) is 5.90. The molecule has 0 unspecified atom stereocenters. The summed E-state index contributed by atoms with van der Waals surface area (Å²) in [5, 5.41) is 5.56. The molecule has 5 rings (SSSR count). The van der Waals surface area contributed by atoms with Crippen molar-refractivity contribution in [3.8, 4) is 11.3 Å². The van der Waals surface area contributed by atoms with Crippen LogP contribution in [0.3, 0.4) is 0 Å². The van der Waals surface area contributed by atoms with Gasteiger partial charge in [-0.2, -0.15) is 5.10 Å². The van der Waals surface area contributed by atoms with Crippen LogP contribution in [0.2, 0.25) is 0 Å². The number of aromatic amines is 1. The van der Waals surface area contributed by atoms with Gasteiger partial charge in [0.05, 0.1) is 24.2 Å². The smallest absolute Gasteiger partial charge is 0.211 e. The van der Waals surface area contributed by atoms with Gasteiger partial charge in [-0.25, -0.2) is 22.7 Å². The SMILES string of the molecule is CS(=O)(=O)N1CCC(N2CC(n3cc(-c4ncnc5[nH]ccc45)cn3)C2)CC1. The van der Waals surface area contributed by atoms with E-state index in [0.717, 1.165) is 48.2 Å². The first-order valence-corrected chi connectivity index (χ1v) is 11.4. The molecular weight excluding hydrogens is 378 g/mol. The monoisotopic (exact) mass is 401 g/mol. The Kier molecular flexibility index (Phi) is 4.22. The third-order valence-corrected chi connectivity index (χ3v) is 7.21. The van der Waals surface area contributed by atoms with Crippen LogP contribution in [0.1, 0.15) is 18.9 Å². The Labute approximate surface area is 163 Å². The number of rotatable bonds is 4. The number of likely N-dealkylation sites (tertiary alicyclic amines) is 1. The first-order valence-electron chi connectivity index (χ1n) is 9.51. The molecule has 10 heteroatoms. The van der Waals surface area contributed by atoms with Crippen molar-refractivity contribution in [3.63, 3.8) is 0 Å². The Balaban J connectivity index is 1.23. The van der Waals surface area contributed by atoms with E-state index in [4.69, 9.17) is 0 Å². The molecule has 2 saturated heterocycles. The van der Waals surface area contributed by atoms with Gasteiger partial charge in [0.25, 0.3) is 0 Å². The number of aromatic nitrogens is 5. The Bertz CT molecular complexity index is 1090. The Morgan fingerprint density at radius 2 is 1.93 bits per heavy atom. The van der Waals surface area contributed by atoms with Crippen LogP contribution in [0.15, 0.2) is 31.0 Å². The van der Waals surface area contributed by atoms with Crippen molar-refractivity contribution >= 4 is 21.1 Å². The largest absolute Gasteiger partial charge is 0.346 e. The Hall–Kier alpha value is -2.30. The molecule has 0 radical (unpaired) electrons. The summed E-state index contributed by atoms with van der Waals surface area (Å²) >= 11 is 0. The number of nitrogens with one attached hydrogen (secondary N) is 1. The fourth-order valence-corrected chi connectivity index (χ4v) is 5.13. The standard InChI is InChI=1S/C18H23N7O2S/c1-28(26,27)24-6-3-14(4-7-24)23-10-15(11-23)25-9-13(8-22-25)17-16-2-5-19-18(16)21-12-20-17/h2,5,8-9,12,14-15H,3-4,6-7,10-11H2,1H3,(H,19,20,21). The summed E-state index contributed by atoms with van der Waals surface area (Å²) in [6.45, 7) is 3.15. The minimum atomic E-state index is -3.06. The molecule has 9 nitrogen and oxygen atoms in total. The lowest BCUT2D eigenvalue weighted by molar-refractivity contribution is 0.0309. The molecule has 2 aliphatic rings. The van der Waals surface area contributed by atoms with Crippen molar-refractivity contribution in [3.05, 3.63) is 31.0 Å². The summed E-state index contributed by atoms with van der Waals surface area (Å²) in [6.07, 6.45) is 10.4. The molecule has 1 N–H and O–H groups in total. The second kappa shape index (κ2) is 6.64. The normalized spacial score (nSPS) is 20.6. The molecule has 28 heavy (non-hydrogen) atoms. The highest BCUT2D eigenvalue weighted by molar-refractivity contribution is 7.88. The van der Waals surface area contributed by atoms with Gasteiger partial charge in [-0.1, -0.05) is 0 Å². The first kappa shape index (κ1) is 17.8. The number of hydrogen-bond acceptors (Lipinski definition) is 6. The van der Waals surface area contributed by atoms with Gasteiger partial charge >= 0.3 is 0 Å². The maximum Gasteiger partial charge on any atom is 0.211 e. The third kappa shape index (κ3) is 3.11. The van der Waals surface area contributed by atoms with Crippen LogP contribution in [-0.2, 0) is 10.0 Å². The van der Waals surface area contributed by atoms with Crippen LogP contribution in [-0.4, -0.2) is 80.8 Å². The summed E-state index contributed by atoms with van der Waals surface area (Å²) < 4.78 is 26.9. The Morgan fingerprint density at radius 1 is 1.14 bits per heavy atom. The van der Waals surface area contributed by atoms with E-state index in [2.05, 4.69) is 31.1 Å². The second-order valence-electron chi connectivity index (χ2n) is 7.67.